The minimum absolute atomic E-state index is 0.0793. The van der Waals surface area contributed by atoms with E-state index in [0.29, 0.717) is 24.3 Å². The molecule has 3 saturated heterocycles. The first-order chi connectivity index (χ1) is 10.1. The third-order valence-corrected chi connectivity index (χ3v) is 5.17. The molecule has 118 valence electrons. The van der Waals surface area contributed by atoms with Crippen molar-refractivity contribution in [2.24, 2.45) is 5.92 Å². The average Bonchev–Trinajstić information content (AvgIpc) is 2.48. The Kier molecular flexibility index (Phi) is 4.48. The Labute approximate surface area is 125 Å². The number of piperidine rings is 3. The van der Waals surface area contributed by atoms with Gasteiger partial charge in [0.2, 0.25) is 0 Å². The van der Waals surface area contributed by atoms with E-state index in [0.717, 1.165) is 45.3 Å². The van der Waals surface area contributed by atoms with E-state index in [1.54, 1.807) is 6.92 Å². The lowest BCUT2D eigenvalue weighted by Crippen LogP contribution is -2.57. The minimum atomic E-state index is -0.452. The highest BCUT2D eigenvalue weighted by Gasteiger charge is 2.35. The van der Waals surface area contributed by atoms with Crippen LogP contribution in [0.1, 0.15) is 45.4 Å². The molecule has 3 aliphatic heterocycles. The SMILES string of the molecule is CC(OC(=O)N[C@@H]1CN2CCC1CC2)C1=C(F)CCCC1. The van der Waals surface area contributed by atoms with Crippen LogP contribution in [0.25, 0.3) is 0 Å². The fraction of sp³-hybridized carbons (Fsp3) is 0.812. The van der Waals surface area contributed by atoms with Crippen molar-refractivity contribution in [1.82, 2.24) is 10.2 Å². The summed E-state index contributed by atoms with van der Waals surface area (Å²) >= 11 is 0. The second-order valence-corrected chi connectivity index (χ2v) is 6.57. The largest absolute Gasteiger partial charge is 0.442 e. The Morgan fingerprint density at radius 2 is 2.05 bits per heavy atom. The Morgan fingerprint density at radius 3 is 2.67 bits per heavy atom. The molecule has 4 rings (SSSR count). The molecule has 1 unspecified atom stereocenters. The van der Waals surface area contributed by atoms with Crippen LogP contribution >= 0.6 is 0 Å². The molecule has 2 atom stereocenters. The molecule has 0 aromatic heterocycles. The van der Waals surface area contributed by atoms with Crippen LogP contribution in [0.2, 0.25) is 0 Å². The zero-order chi connectivity index (χ0) is 14.8. The van der Waals surface area contributed by atoms with Gasteiger partial charge in [-0.05, 0) is 64.5 Å². The third kappa shape index (κ3) is 3.39. The molecule has 1 aliphatic carbocycles. The molecule has 0 spiro atoms. The fourth-order valence-corrected chi connectivity index (χ4v) is 3.86. The van der Waals surface area contributed by atoms with Crippen molar-refractivity contribution in [3.63, 3.8) is 0 Å². The van der Waals surface area contributed by atoms with E-state index < -0.39 is 12.2 Å². The minimum Gasteiger partial charge on any atom is -0.442 e. The molecule has 3 fully saturated rings. The molecule has 4 nitrogen and oxygen atoms in total. The van der Waals surface area contributed by atoms with Crippen molar-refractivity contribution < 1.29 is 13.9 Å². The van der Waals surface area contributed by atoms with Gasteiger partial charge in [0.05, 0.1) is 0 Å². The number of halogens is 1. The first kappa shape index (κ1) is 14.8. The highest BCUT2D eigenvalue weighted by molar-refractivity contribution is 5.68. The summed E-state index contributed by atoms with van der Waals surface area (Å²) in [6.45, 7) is 4.99. The van der Waals surface area contributed by atoms with Crippen LogP contribution < -0.4 is 5.32 Å². The predicted molar refractivity (Wildman–Crippen MR) is 78.6 cm³/mol. The van der Waals surface area contributed by atoms with E-state index in [1.807, 2.05) is 0 Å². The van der Waals surface area contributed by atoms with Crippen LogP contribution in [-0.2, 0) is 4.74 Å². The number of amides is 1. The van der Waals surface area contributed by atoms with Crippen molar-refractivity contribution >= 4 is 6.09 Å². The van der Waals surface area contributed by atoms with Crippen LogP contribution in [0.15, 0.2) is 11.4 Å². The molecule has 0 aromatic rings. The van der Waals surface area contributed by atoms with E-state index in [9.17, 15) is 9.18 Å². The number of rotatable bonds is 3. The molecular weight excluding hydrogens is 271 g/mol. The summed E-state index contributed by atoms with van der Waals surface area (Å²) in [5, 5.41) is 2.99. The zero-order valence-electron chi connectivity index (χ0n) is 12.7. The van der Waals surface area contributed by atoms with Crippen molar-refractivity contribution in [3.8, 4) is 0 Å². The summed E-state index contributed by atoms with van der Waals surface area (Å²) in [5.41, 5.74) is 0.672. The fourth-order valence-electron chi connectivity index (χ4n) is 3.86. The number of nitrogens with one attached hydrogen (secondary N) is 1. The highest BCUT2D eigenvalue weighted by Crippen LogP contribution is 2.30. The lowest BCUT2D eigenvalue weighted by molar-refractivity contribution is 0.0601. The van der Waals surface area contributed by atoms with Crippen molar-refractivity contribution in [1.29, 1.82) is 0 Å². The topological polar surface area (TPSA) is 41.6 Å². The number of ether oxygens (including phenoxy) is 1. The number of hydrogen-bond acceptors (Lipinski definition) is 3. The molecule has 1 N–H and O–H groups in total. The predicted octanol–water partition coefficient (Wildman–Crippen LogP) is 2.99. The summed E-state index contributed by atoms with van der Waals surface area (Å²) in [6, 6.07) is 0.192. The number of carbonyl (C=O) groups excluding carboxylic acids is 1. The van der Waals surface area contributed by atoms with Gasteiger partial charge >= 0.3 is 6.09 Å². The third-order valence-electron chi connectivity index (χ3n) is 5.17. The van der Waals surface area contributed by atoms with Crippen LogP contribution in [-0.4, -0.2) is 42.8 Å². The van der Waals surface area contributed by atoms with Crippen LogP contribution in [0.5, 0.6) is 0 Å². The van der Waals surface area contributed by atoms with Crippen molar-refractivity contribution in [2.45, 2.75) is 57.6 Å². The zero-order valence-corrected chi connectivity index (χ0v) is 12.7. The standard InChI is InChI=1S/C16H25FN2O2/c1-11(13-4-2-3-5-14(13)17)21-16(20)18-15-10-19-8-6-12(15)7-9-19/h11-12,15H,2-10H2,1H3,(H,18,20)/t11?,15-/m1/s1. The van der Waals surface area contributed by atoms with Gasteiger partial charge in [0, 0.05) is 18.2 Å². The second kappa shape index (κ2) is 6.34. The van der Waals surface area contributed by atoms with Gasteiger partial charge in [0.25, 0.3) is 0 Å². The number of nitrogens with zero attached hydrogens (tertiary/aromatic N) is 1. The van der Waals surface area contributed by atoms with E-state index >= 15 is 0 Å². The van der Waals surface area contributed by atoms with Gasteiger partial charge in [-0.15, -0.1) is 0 Å². The highest BCUT2D eigenvalue weighted by atomic mass is 19.1. The molecule has 4 aliphatic rings. The monoisotopic (exact) mass is 296 g/mol. The van der Waals surface area contributed by atoms with Crippen molar-refractivity contribution in [3.05, 3.63) is 11.4 Å². The van der Waals surface area contributed by atoms with Crippen LogP contribution in [0.3, 0.4) is 0 Å². The molecular formula is C16H25FN2O2. The van der Waals surface area contributed by atoms with Crippen molar-refractivity contribution in [2.75, 3.05) is 19.6 Å². The molecule has 0 saturated carbocycles. The van der Waals surface area contributed by atoms with Gasteiger partial charge in [0.1, 0.15) is 11.9 Å². The Morgan fingerprint density at radius 1 is 1.33 bits per heavy atom. The van der Waals surface area contributed by atoms with E-state index in [2.05, 4.69) is 10.2 Å². The first-order valence-corrected chi connectivity index (χ1v) is 8.20. The van der Waals surface area contributed by atoms with Gasteiger partial charge in [-0.2, -0.15) is 0 Å². The Balaban J connectivity index is 1.52. The Bertz CT molecular complexity index is 430. The molecule has 0 aromatic carbocycles. The molecule has 21 heavy (non-hydrogen) atoms. The normalized spacial score (nSPS) is 33.7. The quantitative estimate of drug-likeness (QED) is 0.870. The van der Waals surface area contributed by atoms with E-state index in [-0.39, 0.29) is 11.9 Å². The maximum atomic E-state index is 13.8. The average molecular weight is 296 g/mol. The molecule has 0 radical (unpaired) electrons. The first-order valence-electron chi connectivity index (χ1n) is 8.20. The molecule has 1 amide bonds. The smallest absolute Gasteiger partial charge is 0.407 e. The summed E-state index contributed by atoms with van der Waals surface area (Å²) < 4.78 is 19.2. The number of hydrogen-bond donors (Lipinski definition) is 1. The van der Waals surface area contributed by atoms with Gasteiger partial charge in [0.15, 0.2) is 0 Å². The van der Waals surface area contributed by atoms with Crippen LogP contribution in [0.4, 0.5) is 9.18 Å². The number of fused-ring (bicyclic) bond motifs is 3. The maximum Gasteiger partial charge on any atom is 0.407 e. The maximum absolute atomic E-state index is 13.8. The molecule has 5 heteroatoms. The Hall–Kier alpha value is -1.10. The van der Waals surface area contributed by atoms with Gasteiger partial charge in [-0.25, -0.2) is 9.18 Å². The number of carbonyl (C=O) groups is 1. The summed E-state index contributed by atoms with van der Waals surface area (Å²) in [5.74, 6) is 0.493. The summed E-state index contributed by atoms with van der Waals surface area (Å²) in [4.78, 5) is 14.4. The summed E-state index contributed by atoms with van der Waals surface area (Å²) in [6.07, 6.45) is 4.54. The number of allylic oxidation sites excluding steroid dienone is 1. The lowest BCUT2D eigenvalue weighted by Gasteiger charge is -2.44. The van der Waals surface area contributed by atoms with E-state index in [4.69, 9.17) is 4.74 Å². The van der Waals surface area contributed by atoms with Gasteiger partial charge in [-0.1, -0.05) is 0 Å². The van der Waals surface area contributed by atoms with Crippen LogP contribution in [0, 0.1) is 5.92 Å². The second-order valence-electron chi connectivity index (χ2n) is 6.57. The molecule has 3 heterocycles. The molecule has 2 bridgehead atoms. The number of alkyl carbamates (subject to hydrolysis) is 1. The van der Waals surface area contributed by atoms with E-state index in [1.165, 1.54) is 0 Å². The lowest BCUT2D eigenvalue weighted by atomic mass is 9.84. The van der Waals surface area contributed by atoms with Gasteiger partial charge < -0.3 is 15.0 Å². The van der Waals surface area contributed by atoms with Gasteiger partial charge in [-0.3, -0.25) is 0 Å². The summed E-state index contributed by atoms with van der Waals surface area (Å²) in [7, 11) is 0.